The Labute approximate surface area is 97.3 Å². The molecule has 3 heteroatoms. The van der Waals surface area contributed by atoms with Gasteiger partial charge < -0.3 is 15.1 Å². The smallest absolute Gasteiger partial charge is 0.0499 e. The highest BCUT2D eigenvalue weighted by atomic mass is 16.3. The van der Waals surface area contributed by atoms with Crippen LogP contribution in [0.15, 0.2) is 24.3 Å². The van der Waals surface area contributed by atoms with Crippen molar-refractivity contribution in [2.24, 2.45) is 5.92 Å². The molecular formula is C13H21NO2. The van der Waals surface area contributed by atoms with E-state index in [2.05, 4.69) is 24.3 Å². The highest BCUT2D eigenvalue weighted by molar-refractivity contribution is 5.24. The molecular weight excluding hydrogens is 202 g/mol. The molecule has 0 unspecified atom stereocenters. The topological polar surface area (TPSA) is 43.7 Å². The summed E-state index contributed by atoms with van der Waals surface area (Å²) in [5.74, 6) is -0.141. The van der Waals surface area contributed by atoms with Gasteiger partial charge in [0.1, 0.15) is 0 Å². The van der Waals surface area contributed by atoms with Gasteiger partial charge in [0.05, 0.1) is 0 Å². The van der Waals surface area contributed by atoms with Gasteiger partial charge in [-0.2, -0.15) is 0 Å². The number of hydrogen-bond acceptors (Lipinski definition) is 3. The van der Waals surface area contributed by atoms with Gasteiger partial charge in [-0.15, -0.1) is 0 Å². The Kier molecular flexibility index (Phi) is 4.93. The average molecular weight is 223 g/mol. The molecule has 16 heavy (non-hydrogen) atoms. The van der Waals surface area contributed by atoms with Crippen molar-refractivity contribution in [2.75, 3.05) is 27.3 Å². The van der Waals surface area contributed by atoms with Crippen LogP contribution >= 0.6 is 0 Å². The minimum atomic E-state index is -0.141. The van der Waals surface area contributed by atoms with Gasteiger partial charge in [0.2, 0.25) is 0 Å². The molecule has 90 valence electrons. The predicted molar refractivity (Wildman–Crippen MR) is 65.3 cm³/mol. The molecule has 0 heterocycles. The first-order valence-corrected chi connectivity index (χ1v) is 5.54. The van der Waals surface area contributed by atoms with Crippen LogP contribution in [0.2, 0.25) is 0 Å². The summed E-state index contributed by atoms with van der Waals surface area (Å²) >= 11 is 0. The number of nitrogens with zero attached hydrogens (tertiary/aromatic N) is 1. The Morgan fingerprint density at radius 2 is 1.56 bits per heavy atom. The Hall–Kier alpha value is -0.900. The van der Waals surface area contributed by atoms with E-state index in [9.17, 15) is 10.2 Å². The minimum absolute atomic E-state index is 0.00672. The lowest BCUT2D eigenvalue weighted by molar-refractivity contribution is 0.0808. The van der Waals surface area contributed by atoms with Gasteiger partial charge in [0.15, 0.2) is 0 Å². The first-order valence-electron chi connectivity index (χ1n) is 5.54. The first-order chi connectivity index (χ1) is 7.60. The van der Waals surface area contributed by atoms with Crippen molar-refractivity contribution in [3.05, 3.63) is 35.4 Å². The number of aliphatic hydroxyl groups is 2. The van der Waals surface area contributed by atoms with Crippen molar-refractivity contribution in [1.82, 2.24) is 4.90 Å². The van der Waals surface area contributed by atoms with E-state index in [-0.39, 0.29) is 25.2 Å². The van der Waals surface area contributed by atoms with Gasteiger partial charge in [0.25, 0.3) is 0 Å². The molecule has 1 aromatic carbocycles. The fraction of sp³-hybridized carbons (Fsp3) is 0.538. The summed E-state index contributed by atoms with van der Waals surface area (Å²) in [6, 6.07) is 8.27. The third-order valence-electron chi connectivity index (χ3n) is 2.89. The molecule has 3 nitrogen and oxygen atoms in total. The lowest BCUT2D eigenvalue weighted by atomic mass is 9.93. The van der Waals surface area contributed by atoms with Crippen molar-refractivity contribution < 1.29 is 10.2 Å². The van der Waals surface area contributed by atoms with E-state index < -0.39 is 0 Å². The van der Waals surface area contributed by atoms with Crippen molar-refractivity contribution in [3.8, 4) is 0 Å². The van der Waals surface area contributed by atoms with Crippen molar-refractivity contribution in [2.45, 2.75) is 13.0 Å². The molecule has 0 saturated heterocycles. The van der Waals surface area contributed by atoms with Crippen LogP contribution < -0.4 is 0 Å². The Morgan fingerprint density at radius 1 is 1.06 bits per heavy atom. The maximum absolute atomic E-state index is 9.27. The number of aliphatic hydroxyl groups excluding tert-OH is 2. The zero-order valence-electron chi connectivity index (χ0n) is 10.2. The van der Waals surface area contributed by atoms with E-state index in [1.165, 1.54) is 5.56 Å². The molecule has 0 spiro atoms. The Bertz CT molecular complexity index is 304. The quantitative estimate of drug-likeness (QED) is 0.788. The van der Waals surface area contributed by atoms with Gasteiger partial charge in [-0.1, -0.05) is 29.8 Å². The molecule has 0 aliphatic heterocycles. The zero-order chi connectivity index (χ0) is 12.1. The maximum Gasteiger partial charge on any atom is 0.0499 e. The van der Waals surface area contributed by atoms with Crippen LogP contribution in [0.1, 0.15) is 17.2 Å². The summed E-state index contributed by atoms with van der Waals surface area (Å²) < 4.78 is 0. The van der Waals surface area contributed by atoms with Crippen LogP contribution in [0.25, 0.3) is 0 Å². The molecule has 0 bridgehead atoms. The van der Waals surface area contributed by atoms with Gasteiger partial charge in [0, 0.05) is 25.2 Å². The first kappa shape index (κ1) is 13.2. The fourth-order valence-corrected chi connectivity index (χ4v) is 2.01. The van der Waals surface area contributed by atoms with Crippen LogP contribution in [-0.2, 0) is 0 Å². The second-order valence-corrected chi connectivity index (χ2v) is 4.44. The van der Waals surface area contributed by atoms with E-state index in [1.807, 2.05) is 25.9 Å². The summed E-state index contributed by atoms with van der Waals surface area (Å²) in [5.41, 5.74) is 2.34. The molecule has 0 aliphatic carbocycles. The van der Waals surface area contributed by atoms with Gasteiger partial charge in [-0.25, -0.2) is 0 Å². The standard InChI is InChI=1S/C13H21NO2/c1-10-4-6-11(7-5-10)13(14(2)3)12(8-15)9-16/h4-7,12-13,15-16H,8-9H2,1-3H3/t13-/m0/s1. The number of rotatable bonds is 5. The number of aryl methyl sites for hydroxylation is 1. The van der Waals surface area contributed by atoms with Crippen molar-refractivity contribution in [1.29, 1.82) is 0 Å². The predicted octanol–water partition coefficient (Wildman–Crippen LogP) is 1.20. The summed E-state index contributed by atoms with van der Waals surface area (Å²) in [4.78, 5) is 2.03. The Balaban J connectivity index is 2.97. The number of benzene rings is 1. The summed E-state index contributed by atoms with van der Waals surface area (Å²) in [5, 5.41) is 18.5. The molecule has 0 aliphatic rings. The second kappa shape index (κ2) is 5.99. The van der Waals surface area contributed by atoms with Crippen LogP contribution in [0.5, 0.6) is 0 Å². The highest BCUT2D eigenvalue weighted by Crippen LogP contribution is 2.26. The van der Waals surface area contributed by atoms with E-state index in [1.54, 1.807) is 0 Å². The van der Waals surface area contributed by atoms with Crippen LogP contribution in [0.4, 0.5) is 0 Å². The third-order valence-corrected chi connectivity index (χ3v) is 2.89. The SMILES string of the molecule is Cc1ccc([C@@H](C(CO)CO)N(C)C)cc1. The molecule has 0 fully saturated rings. The lowest BCUT2D eigenvalue weighted by Crippen LogP contribution is -2.31. The van der Waals surface area contributed by atoms with E-state index in [4.69, 9.17) is 0 Å². The highest BCUT2D eigenvalue weighted by Gasteiger charge is 2.23. The van der Waals surface area contributed by atoms with Gasteiger partial charge in [-0.3, -0.25) is 0 Å². The van der Waals surface area contributed by atoms with Crippen LogP contribution in [0, 0.1) is 12.8 Å². The minimum Gasteiger partial charge on any atom is -0.396 e. The molecule has 1 aromatic rings. The van der Waals surface area contributed by atoms with Crippen molar-refractivity contribution >= 4 is 0 Å². The molecule has 0 saturated carbocycles. The Morgan fingerprint density at radius 3 is 1.94 bits per heavy atom. The molecule has 0 amide bonds. The zero-order valence-corrected chi connectivity index (χ0v) is 10.2. The van der Waals surface area contributed by atoms with Crippen LogP contribution in [0.3, 0.4) is 0 Å². The maximum atomic E-state index is 9.27. The van der Waals surface area contributed by atoms with Crippen LogP contribution in [-0.4, -0.2) is 42.4 Å². The lowest BCUT2D eigenvalue weighted by Gasteiger charge is -2.30. The van der Waals surface area contributed by atoms with Crippen molar-refractivity contribution in [3.63, 3.8) is 0 Å². The molecule has 1 atom stereocenters. The van der Waals surface area contributed by atoms with Gasteiger partial charge >= 0.3 is 0 Å². The molecule has 0 radical (unpaired) electrons. The largest absolute Gasteiger partial charge is 0.396 e. The molecule has 1 rings (SSSR count). The summed E-state index contributed by atoms with van der Waals surface area (Å²) in [7, 11) is 3.92. The second-order valence-electron chi connectivity index (χ2n) is 4.44. The normalized spacial score (nSPS) is 13.4. The van der Waals surface area contributed by atoms with E-state index in [0.717, 1.165) is 5.56 Å². The third kappa shape index (κ3) is 3.04. The molecule has 2 N–H and O–H groups in total. The molecule has 0 aromatic heterocycles. The van der Waals surface area contributed by atoms with E-state index in [0.29, 0.717) is 0 Å². The number of hydrogen-bond donors (Lipinski definition) is 2. The summed E-state index contributed by atoms with van der Waals surface area (Å²) in [6.07, 6.45) is 0. The van der Waals surface area contributed by atoms with Gasteiger partial charge in [-0.05, 0) is 26.6 Å². The average Bonchev–Trinajstić information content (AvgIpc) is 2.27. The van der Waals surface area contributed by atoms with E-state index >= 15 is 0 Å². The summed E-state index contributed by atoms with van der Waals surface area (Å²) in [6.45, 7) is 2.03. The monoisotopic (exact) mass is 223 g/mol. The fourth-order valence-electron chi connectivity index (χ4n) is 2.01.